The number of hydrogen-bond donors (Lipinski definition) is 6. The first-order chi connectivity index (χ1) is 28.3. The molecule has 6 N–H and O–H groups in total. The minimum absolute atomic E-state index is 0.119. The van der Waals surface area contributed by atoms with Crippen molar-refractivity contribution in [2.45, 2.75) is 301 Å². The number of rotatable bonds is 43. The van der Waals surface area contributed by atoms with E-state index in [-0.39, 0.29) is 18.9 Å². The third kappa shape index (κ3) is 32.0. The monoisotopic (exact) mass is 828 g/mol. The number of carbonyl (C=O) groups excluding carboxylic acids is 1. The second kappa shape index (κ2) is 40.3. The van der Waals surface area contributed by atoms with Crippen molar-refractivity contribution in [3.05, 3.63) is 0 Å². The van der Waals surface area contributed by atoms with Crippen LogP contribution in [0, 0.1) is 0 Å². The van der Waals surface area contributed by atoms with Gasteiger partial charge in [-0.25, -0.2) is 0 Å². The van der Waals surface area contributed by atoms with E-state index in [0.29, 0.717) is 12.8 Å². The first-order valence-electron chi connectivity index (χ1n) is 25.3. The van der Waals surface area contributed by atoms with Crippen molar-refractivity contribution < 1.29 is 39.8 Å². The summed E-state index contributed by atoms with van der Waals surface area (Å²) in [5.41, 5.74) is 0. The van der Waals surface area contributed by atoms with Crippen molar-refractivity contribution in [3.8, 4) is 0 Å². The minimum Gasteiger partial charge on any atom is -0.390 e. The van der Waals surface area contributed by atoms with Gasteiger partial charge < -0.3 is 40.3 Å². The van der Waals surface area contributed by atoms with E-state index in [2.05, 4.69) is 19.2 Å². The Kier molecular flexibility index (Phi) is 38.3. The molecule has 346 valence electrons. The molecule has 9 nitrogen and oxygen atoms in total. The number of ether oxygens (including phenoxy) is 2. The van der Waals surface area contributed by atoms with Crippen molar-refractivity contribution >= 4 is 5.91 Å². The standard InChI is InChI=1S/C49H97NO8/c1-3-5-7-9-11-13-15-17-18-19-20-21-22-23-24-25-26-27-29-31-33-35-37-39-46(54)50-42(41-57-49-45(53)40-44(52)48(56)58-49)47(55)43(51)38-36-34-32-30-28-16-14-12-10-8-6-4-2/h42-45,47-49,51-53,55-56H,3-41H2,1-2H3,(H,50,54)/t42-,43+,44?,45?,47-,48?,49?/m0/s1. The number of nitrogens with one attached hydrogen (secondary N) is 1. The molecule has 0 aliphatic carbocycles. The molecule has 1 heterocycles. The molecule has 9 heteroatoms. The van der Waals surface area contributed by atoms with E-state index >= 15 is 0 Å². The van der Waals surface area contributed by atoms with E-state index in [1.54, 1.807) is 0 Å². The zero-order valence-corrected chi connectivity index (χ0v) is 38.1. The lowest BCUT2D eigenvalue weighted by molar-refractivity contribution is -0.315. The normalized spacial score (nSPS) is 20.0. The summed E-state index contributed by atoms with van der Waals surface area (Å²) in [6, 6.07) is -0.913. The van der Waals surface area contributed by atoms with Gasteiger partial charge in [0, 0.05) is 12.8 Å². The van der Waals surface area contributed by atoms with Crippen molar-refractivity contribution in [2.24, 2.45) is 0 Å². The fourth-order valence-electron chi connectivity index (χ4n) is 8.35. The van der Waals surface area contributed by atoms with Gasteiger partial charge in [0.25, 0.3) is 0 Å². The fraction of sp³-hybridized carbons (Fsp3) is 0.980. The summed E-state index contributed by atoms with van der Waals surface area (Å²) in [7, 11) is 0. The molecule has 0 bridgehead atoms. The van der Waals surface area contributed by atoms with E-state index in [1.807, 2.05) is 0 Å². The third-order valence-electron chi connectivity index (χ3n) is 12.4. The Morgan fingerprint density at radius 3 is 1.26 bits per heavy atom. The zero-order valence-electron chi connectivity index (χ0n) is 38.1. The van der Waals surface area contributed by atoms with E-state index in [0.717, 1.165) is 38.5 Å². The predicted molar refractivity (Wildman–Crippen MR) is 240 cm³/mol. The zero-order chi connectivity index (χ0) is 42.3. The van der Waals surface area contributed by atoms with E-state index in [4.69, 9.17) is 9.47 Å². The van der Waals surface area contributed by atoms with Crippen molar-refractivity contribution in [3.63, 3.8) is 0 Å². The van der Waals surface area contributed by atoms with Gasteiger partial charge in [0.15, 0.2) is 12.6 Å². The quantitative estimate of drug-likeness (QED) is 0.0333. The third-order valence-corrected chi connectivity index (χ3v) is 12.4. The van der Waals surface area contributed by atoms with Crippen LogP contribution in [0.25, 0.3) is 0 Å². The van der Waals surface area contributed by atoms with Crippen LogP contribution in [0.1, 0.15) is 258 Å². The van der Waals surface area contributed by atoms with Crippen LogP contribution in [0.2, 0.25) is 0 Å². The predicted octanol–water partition coefficient (Wildman–Crippen LogP) is 11.5. The lowest BCUT2D eigenvalue weighted by atomic mass is 9.99. The average molecular weight is 828 g/mol. The van der Waals surface area contributed by atoms with Crippen LogP contribution in [-0.2, 0) is 14.3 Å². The van der Waals surface area contributed by atoms with Crippen molar-refractivity contribution in [1.29, 1.82) is 0 Å². The number of aliphatic hydroxyl groups excluding tert-OH is 5. The van der Waals surface area contributed by atoms with Crippen LogP contribution in [-0.4, -0.2) is 81.1 Å². The number of amides is 1. The topological polar surface area (TPSA) is 149 Å². The largest absolute Gasteiger partial charge is 0.390 e. The van der Waals surface area contributed by atoms with Gasteiger partial charge in [0.1, 0.15) is 18.3 Å². The second-order valence-electron chi connectivity index (χ2n) is 18.0. The van der Waals surface area contributed by atoms with Crippen LogP contribution in [0.15, 0.2) is 0 Å². The maximum Gasteiger partial charge on any atom is 0.220 e. The SMILES string of the molecule is CCCCCCCCCCCCCCCCCCCCCCCCCC(=O)N[C@@H](COC1OC(O)C(O)CC1O)[C@H](O)[C@H](O)CCCCCCCCCCCCCC. The molecule has 0 spiro atoms. The molecule has 1 fully saturated rings. The summed E-state index contributed by atoms with van der Waals surface area (Å²) >= 11 is 0. The highest BCUT2D eigenvalue weighted by atomic mass is 16.7. The Morgan fingerprint density at radius 1 is 0.534 bits per heavy atom. The molecule has 58 heavy (non-hydrogen) atoms. The van der Waals surface area contributed by atoms with Crippen molar-refractivity contribution in [1.82, 2.24) is 5.32 Å². The minimum atomic E-state index is -1.50. The molecule has 0 aromatic carbocycles. The molecular weight excluding hydrogens is 731 g/mol. The number of hydrogen-bond acceptors (Lipinski definition) is 8. The summed E-state index contributed by atoms with van der Waals surface area (Å²) in [5, 5.41) is 54.8. The summed E-state index contributed by atoms with van der Waals surface area (Å²) in [6.45, 7) is 4.31. The Hall–Kier alpha value is -0.810. The highest BCUT2D eigenvalue weighted by Gasteiger charge is 2.37. The van der Waals surface area contributed by atoms with Gasteiger partial charge in [-0.1, -0.05) is 232 Å². The van der Waals surface area contributed by atoms with Crippen LogP contribution in [0.3, 0.4) is 0 Å². The highest BCUT2D eigenvalue weighted by molar-refractivity contribution is 5.76. The fourth-order valence-corrected chi connectivity index (χ4v) is 8.35. The maximum atomic E-state index is 13.0. The molecule has 0 radical (unpaired) electrons. The van der Waals surface area contributed by atoms with Gasteiger partial charge in [0.05, 0.1) is 18.8 Å². The Balaban J connectivity index is 2.19. The smallest absolute Gasteiger partial charge is 0.220 e. The molecule has 0 aromatic rings. The molecule has 7 atom stereocenters. The van der Waals surface area contributed by atoms with Crippen LogP contribution < -0.4 is 5.32 Å². The number of aliphatic hydroxyl groups is 5. The average Bonchev–Trinajstić information content (AvgIpc) is 3.21. The molecule has 1 aliphatic heterocycles. The van der Waals surface area contributed by atoms with Gasteiger partial charge in [-0.15, -0.1) is 0 Å². The molecular formula is C49H97NO8. The molecule has 1 rings (SSSR count). The molecule has 1 saturated heterocycles. The molecule has 1 amide bonds. The number of unbranched alkanes of at least 4 members (excludes halogenated alkanes) is 33. The summed E-state index contributed by atoms with van der Waals surface area (Å²) < 4.78 is 10.9. The molecule has 1 aliphatic rings. The lowest BCUT2D eigenvalue weighted by Crippen LogP contribution is -2.54. The number of carbonyl (C=O) groups is 1. The van der Waals surface area contributed by atoms with Crippen LogP contribution in [0.4, 0.5) is 0 Å². The van der Waals surface area contributed by atoms with E-state index in [9.17, 15) is 30.3 Å². The molecule has 4 unspecified atom stereocenters. The van der Waals surface area contributed by atoms with Crippen molar-refractivity contribution in [2.75, 3.05) is 6.61 Å². The summed E-state index contributed by atoms with van der Waals surface area (Å²) in [4.78, 5) is 13.0. The van der Waals surface area contributed by atoms with Gasteiger partial charge in [0.2, 0.25) is 5.91 Å². The van der Waals surface area contributed by atoms with Gasteiger partial charge in [-0.2, -0.15) is 0 Å². The second-order valence-corrected chi connectivity index (χ2v) is 18.0. The summed E-state index contributed by atoms with van der Waals surface area (Å²) in [6.07, 6.45) is 38.1. The Morgan fingerprint density at radius 2 is 0.879 bits per heavy atom. The molecule has 0 aromatic heterocycles. The first-order valence-corrected chi connectivity index (χ1v) is 25.3. The maximum absolute atomic E-state index is 13.0. The Bertz CT molecular complexity index is 880. The Labute approximate surface area is 357 Å². The summed E-state index contributed by atoms with van der Waals surface area (Å²) in [5.74, 6) is -0.214. The highest BCUT2D eigenvalue weighted by Crippen LogP contribution is 2.22. The lowest BCUT2D eigenvalue weighted by Gasteiger charge is -2.36. The van der Waals surface area contributed by atoms with Gasteiger partial charge >= 0.3 is 0 Å². The molecule has 0 saturated carbocycles. The first kappa shape index (κ1) is 55.2. The van der Waals surface area contributed by atoms with E-state index in [1.165, 1.54) is 186 Å². The van der Waals surface area contributed by atoms with Crippen LogP contribution >= 0.6 is 0 Å². The van der Waals surface area contributed by atoms with Crippen LogP contribution in [0.5, 0.6) is 0 Å². The van der Waals surface area contributed by atoms with E-state index < -0.39 is 43.0 Å². The van der Waals surface area contributed by atoms with Gasteiger partial charge in [-0.05, 0) is 12.8 Å². The van der Waals surface area contributed by atoms with Gasteiger partial charge in [-0.3, -0.25) is 4.79 Å².